The van der Waals surface area contributed by atoms with Crippen LogP contribution in [0.3, 0.4) is 0 Å². The first-order valence-electron chi connectivity index (χ1n) is 7.00. The number of esters is 1. The van der Waals surface area contributed by atoms with E-state index in [1.807, 2.05) is 12.1 Å². The Morgan fingerprint density at radius 3 is 2.71 bits per heavy atom. The van der Waals surface area contributed by atoms with Crippen molar-refractivity contribution in [2.24, 2.45) is 0 Å². The predicted octanol–water partition coefficient (Wildman–Crippen LogP) is 2.74. The molecule has 0 fully saturated rings. The zero-order chi connectivity index (χ0) is 16.9. The quantitative estimate of drug-likeness (QED) is 0.514. The van der Waals surface area contributed by atoms with Crippen molar-refractivity contribution in [2.45, 2.75) is 11.6 Å². The number of benzene rings is 2. The molecule has 0 saturated carbocycles. The van der Waals surface area contributed by atoms with Gasteiger partial charge in [0.2, 0.25) is 0 Å². The molecule has 0 aliphatic rings. The van der Waals surface area contributed by atoms with Crippen LogP contribution in [0.15, 0.2) is 58.2 Å². The lowest BCUT2D eigenvalue weighted by Gasteiger charge is -2.06. The van der Waals surface area contributed by atoms with Gasteiger partial charge in [-0.25, -0.2) is 0 Å². The summed E-state index contributed by atoms with van der Waals surface area (Å²) in [4.78, 5) is 24.9. The second-order valence-corrected chi connectivity index (χ2v) is 6.28. The van der Waals surface area contributed by atoms with Gasteiger partial charge in [-0.15, -0.1) is 16.9 Å². The molecule has 0 radical (unpaired) electrons. The Bertz CT molecular complexity index is 928. The van der Waals surface area contributed by atoms with Gasteiger partial charge in [0, 0.05) is 9.92 Å². The molecule has 0 N–H and O–H groups in total. The number of halogens is 1. The minimum atomic E-state index is -0.447. The smallest absolute Gasteiger partial charge is 0.318 e. The van der Waals surface area contributed by atoms with Gasteiger partial charge in [0.1, 0.15) is 5.52 Å². The van der Waals surface area contributed by atoms with Gasteiger partial charge in [0.05, 0.1) is 11.1 Å². The van der Waals surface area contributed by atoms with Crippen molar-refractivity contribution in [3.05, 3.63) is 63.9 Å². The minimum Gasteiger partial charge on any atom is -0.441 e. The molecule has 0 saturated heterocycles. The van der Waals surface area contributed by atoms with E-state index in [4.69, 9.17) is 16.3 Å². The molecule has 0 aliphatic heterocycles. The Hall–Kier alpha value is -2.38. The molecule has 0 bridgehead atoms. The van der Waals surface area contributed by atoms with Crippen LogP contribution in [0.25, 0.3) is 10.9 Å². The normalized spacial score (nSPS) is 10.7. The van der Waals surface area contributed by atoms with Crippen molar-refractivity contribution in [2.75, 3.05) is 5.75 Å². The van der Waals surface area contributed by atoms with Crippen LogP contribution >= 0.6 is 23.4 Å². The van der Waals surface area contributed by atoms with Gasteiger partial charge < -0.3 is 4.74 Å². The van der Waals surface area contributed by atoms with E-state index < -0.39 is 5.97 Å². The zero-order valence-electron chi connectivity index (χ0n) is 12.4. The number of rotatable bonds is 5. The lowest BCUT2D eigenvalue weighted by atomic mass is 10.2. The van der Waals surface area contributed by atoms with Crippen molar-refractivity contribution in [1.29, 1.82) is 0 Å². The number of carbonyl (C=O) groups excluding carboxylic acids is 1. The van der Waals surface area contributed by atoms with E-state index in [9.17, 15) is 9.59 Å². The molecule has 0 unspecified atom stereocenters. The topological polar surface area (TPSA) is 74.1 Å². The number of fused-ring (bicyclic) bond motifs is 1. The number of ether oxygens (including phenoxy) is 1. The molecular formula is C16H12ClN3O3S. The maximum Gasteiger partial charge on any atom is 0.318 e. The third-order valence-corrected chi connectivity index (χ3v) is 4.38. The number of hydrogen-bond acceptors (Lipinski definition) is 6. The highest BCUT2D eigenvalue weighted by Crippen LogP contribution is 2.20. The van der Waals surface area contributed by atoms with Gasteiger partial charge in [-0.2, -0.15) is 4.68 Å². The van der Waals surface area contributed by atoms with Crippen molar-refractivity contribution in [1.82, 2.24) is 15.0 Å². The molecule has 0 aliphatic carbocycles. The van der Waals surface area contributed by atoms with Gasteiger partial charge >= 0.3 is 5.97 Å². The average Bonchev–Trinajstić information content (AvgIpc) is 2.61. The standard InChI is InChI=1S/C16H12ClN3O3S/c17-11-5-7-12(8-6-11)24-9-15(21)23-10-20-16(22)13-3-1-2-4-14(13)18-19-20/h1-8H,9-10H2. The fourth-order valence-electron chi connectivity index (χ4n) is 1.96. The summed E-state index contributed by atoms with van der Waals surface area (Å²) in [5.41, 5.74) is 0.155. The zero-order valence-corrected chi connectivity index (χ0v) is 14.0. The monoisotopic (exact) mass is 361 g/mol. The molecule has 6 nitrogen and oxygen atoms in total. The van der Waals surface area contributed by atoms with Crippen molar-refractivity contribution in [3.63, 3.8) is 0 Å². The summed E-state index contributed by atoms with van der Waals surface area (Å²) < 4.78 is 6.10. The van der Waals surface area contributed by atoms with Crippen LogP contribution in [0.2, 0.25) is 5.02 Å². The van der Waals surface area contributed by atoms with Gasteiger partial charge in [-0.05, 0) is 36.4 Å². The highest BCUT2D eigenvalue weighted by molar-refractivity contribution is 8.00. The van der Waals surface area contributed by atoms with Gasteiger partial charge in [0.15, 0.2) is 6.73 Å². The van der Waals surface area contributed by atoms with Crippen LogP contribution in [0.4, 0.5) is 0 Å². The predicted molar refractivity (Wildman–Crippen MR) is 92.1 cm³/mol. The second-order valence-electron chi connectivity index (χ2n) is 4.80. The Balaban J connectivity index is 1.59. The number of nitrogens with zero attached hydrogens (tertiary/aromatic N) is 3. The third-order valence-electron chi connectivity index (χ3n) is 3.15. The fourth-order valence-corrected chi connectivity index (χ4v) is 2.78. The fraction of sp³-hybridized carbons (Fsp3) is 0.125. The summed E-state index contributed by atoms with van der Waals surface area (Å²) in [5, 5.41) is 8.75. The maximum absolute atomic E-state index is 12.2. The molecule has 0 spiro atoms. The highest BCUT2D eigenvalue weighted by atomic mass is 35.5. The summed E-state index contributed by atoms with van der Waals surface area (Å²) in [7, 11) is 0. The highest BCUT2D eigenvalue weighted by Gasteiger charge is 2.08. The molecule has 24 heavy (non-hydrogen) atoms. The number of hydrogen-bond donors (Lipinski definition) is 0. The van der Waals surface area contributed by atoms with Crippen LogP contribution < -0.4 is 5.56 Å². The first-order chi connectivity index (χ1) is 11.6. The Kier molecular flexibility index (Phi) is 5.12. The SMILES string of the molecule is O=C(CSc1ccc(Cl)cc1)OCn1nnc2ccccc2c1=O. The second kappa shape index (κ2) is 7.46. The van der Waals surface area contributed by atoms with E-state index in [1.54, 1.807) is 36.4 Å². The first-order valence-corrected chi connectivity index (χ1v) is 8.36. The van der Waals surface area contributed by atoms with Gasteiger partial charge in [0.25, 0.3) is 5.56 Å². The van der Waals surface area contributed by atoms with Crippen LogP contribution in [-0.4, -0.2) is 26.7 Å². The number of thioether (sulfide) groups is 1. The largest absolute Gasteiger partial charge is 0.441 e. The summed E-state index contributed by atoms with van der Waals surface area (Å²) in [5.74, 6) is -0.325. The molecule has 8 heteroatoms. The first kappa shape index (κ1) is 16.5. The molecule has 0 atom stereocenters. The molecule has 122 valence electrons. The average molecular weight is 362 g/mol. The van der Waals surface area contributed by atoms with E-state index in [0.717, 1.165) is 9.58 Å². The van der Waals surface area contributed by atoms with Crippen molar-refractivity contribution < 1.29 is 9.53 Å². The van der Waals surface area contributed by atoms with Crippen LogP contribution in [-0.2, 0) is 16.3 Å². The summed E-state index contributed by atoms with van der Waals surface area (Å²) in [6.45, 7) is -0.267. The molecule has 0 amide bonds. The van der Waals surface area contributed by atoms with Gasteiger partial charge in [-0.3, -0.25) is 9.59 Å². The summed E-state index contributed by atoms with van der Waals surface area (Å²) in [6, 6.07) is 14.0. The molecule has 2 aromatic carbocycles. The van der Waals surface area contributed by atoms with Crippen molar-refractivity contribution >= 4 is 40.2 Å². The molecule has 1 heterocycles. The number of aromatic nitrogens is 3. The molecule has 3 aromatic rings. The van der Waals surface area contributed by atoms with Crippen LogP contribution in [0.1, 0.15) is 0 Å². The molecule has 1 aromatic heterocycles. The van der Waals surface area contributed by atoms with Crippen LogP contribution in [0, 0.1) is 0 Å². The molecular weight excluding hydrogens is 350 g/mol. The van der Waals surface area contributed by atoms with E-state index in [1.165, 1.54) is 11.8 Å². The van der Waals surface area contributed by atoms with Crippen molar-refractivity contribution in [3.8, 4) is 0 Å². The Labute approximate surface area is 146 Å². The van der Waals surface area contributed by atoms with E-state index >= 15 is 0 Å². The van der Waals surface area contributed by atoms with E-state index in [2.05, 4.69) is 10.3 Å². The summed E-state index contributed by atoms with van der Waals surface area (Å²) in [6.07, 6.45) is 0. The van der Waals surface area contributed by atoms with E-state index in [-0.39, 0.29) is 18.0 Å². The van der Waals surface area contributed by atoms with Gasteiger partial charge in [-0.1, -0.05) is 28.9 Å². The minimum absolute atomic E-state index is 0.122. The number of carbonyl (C=O) groups is 1. The van der Waals surface area contributed by atoms with Crippen LogP contribution in [0.5, 0.6) is 0 Å². The third kappa shape index (κ3) is 3.93. The lowest BCUT2D eigenvalue weighted by Crippen LogP contribution is -2.26. The Morgan fingerprint density at radius 2 is 1.92 bits per heavy atom. The molecule has 3 rings (SSSR count). The lowest BCUT2D eigenvalue weighted by molar-refractivity contribution is -0.144. The Morgan fingerprint density at radius 1 is 1.17 bits per heavy atom. The summed E-state index contributed by atoms with van der Waals surface area (Å²) >= 11 is 7.12. The van der Waals surface area contributed by atoms with E-state index in [0.29, 0.717) is 15.9 Å². The maximum atomic E-state index is 12.2.